The van der Waals surface area contributed by atoms with Crippen LogP contribution in [0.15, 0.2) is 29.8 Å². The average Bonchev–Trinajstić information content (AvgIpc) is 2.61. The monoisotopic (exact) mass is 350 g/mol. The van der Waals surface area contributed by atoms with Crippen molar-refractivity contribution in [3.05, 3.63) is 46.3 Å². The van der Waals surface area contributed by atoms with Crippen molar-refractivity contribution in [2.75, 3.05) is 32.7 Å². The number of halogens is 2. The molecule has 1 aliphatic carbocycles. The van der Waals surface area contributed by atoms with Crippen LogP contribution < -0.4 is 0 Å². The predicted molar refractivity (Wildman–Crippen MR) is 94.9 cm³/mol. The smallest absolute Gasteiger partial charge is 0.258 e. The van der Waals surface area contributed by atoms with Crippen molar-refractivity contribution in [2.24, 2.45) is 0 Å². The summed E-state index contributed by atoms with van der Waals surface area (Å²) in [6, 6.07) is 4.37. The maximum atomic E-state index is 13.9. The van der Waals surface area contributed by atoms with Crippen LogP contribution in [0.4, 0.5) is 4.39 Å². The molecular weight excluding hydrogens is 327 g/mol. The zero-order chi connectivity index (χ0) is 16.9. The minimum atomic E-state index is -0.542. The number of hydrogen-bond acceptors (Lipinski definition) is 2. The van der Waals surface area contributed by atoms with Crippen molar-refractivity contribution >= 4 is 17.5 Å². The van der Waals surface area contributed by atoms with E-state index in [1.165, 1.54) is 37.8 Å². The molecule has 3 rings (SSSR count). The second-order valence-corrected chi connectivity index (χ2v) is 7.00. The van der Waals surface area contributed by atoms with Crippen LogP contribution in [-0.2, 0) is 0 Å². The summed E-state index contributed by atoms with van der Waals surface area (Å²) in [6.07, 6.45) is 8.63. The third kappa shape index (κ3) is 4.17. The van der Waals surface area contributed by atoms with E-state index in [2.05, 4.69) is 11.0 Å². The summed E-state index contributed by atoms with van der Waals surface area (Å²) >= 11 is 6.00. The number of allylic oxidation sites excluding steroid dienone is 1. The predicted octanol–water partition coefficient (Wildman–Crippen LogP) is 4.13. The quantitative estimate of drug-likeness (QED) is 0.762. The van der Waals surface area contributed by atoms with Crippen molar-refractivity contribution < 1.29 is 9.18 Å². The second kappa shape index (κ2) is 8.13. The third-order valence-corrected chi connectivity index (χ3v) is 5.29. The van der Waals surface area contributed by atoms with Crippen molar-refractivity contribution in [2.45, 2.75) is 32.1 Å². The van der Waals surface area contributed by atoms with Gasteiger partial charge in [-0.1, -0.05) is 29.3 Å². The Morgan fingerprint density at radius 3 is 2.62 bits per heavy atom. The molecule has 1 aliphatic heterocycles. The highest BCUT2D eigenvalue weighted by Crippen LogP contribution is 2.23. The molecule has 0 N–H and O–H groups in total. The van der Waals surface area contributed by atoms with Crippen LogP contribution in [0.1, 0.15) is 42.5 Å². The van der Waals surface area contributed by atoms with Crippen LogP contribution in [0, 0.1) is 5.82 Å². The van der Waals surface area contributed by atoms with Crippen LogP contribution in [-0.4, -0.2) is 48.4 Å². The lowest BCUT2D eigenvalue weighted by atomic mass is 9.97. The van der Waals surface area contributed by atoms with E-state index in [1.54, 1.807) is 16.5 Å². The zero-order valence-corrected chi connectivity index (χ0v) is 14.7. The summed E-state index contributed by atoms with van der Waals surface area (Å²) in [7, 11) is 0. The maximum absolute atomic E-state index is 13.9. The summed E-state index contributed by atoms with van der Waals surface area (Å²) in [4.78, 5) is 16.6. The molecule has 1 aromatic carbocycles. The first-order chi connectivity index (χ1) is 11.6. The van der Waals surface area contributed by atoms with Gasteiger partial charge in [0.25, 0.3) is 5.91 Å². The van der Waals surface area contributed by atoms with Gasteiger partial charge in [-0.2, -0.15) is 0 Å². The van der Waals surface area contributed by atoms with E-state index < -0.39 is 5.82 Å². The van der Waals surface area contributed by atoms with Crippen molar-refractivity contribution in [1.29, 1.82) is 0 Å². The Morgan fingerprint density at radius 2 is 1.96 bits per heavy atom. The molecule has 1 fully saturated rings. The molecule has 0 radical (unpaired) electrons. The molecule has 1 heterocycles. The molecule has 2 aliphatic rings. The molecule has 24 heavy (non-hydrogen) atoms. The molecule has 0 bridgehead atoms. The molecule has 1 saturated heterocycles. The molecule has 130 valence electrons. The van der Waals surface area contributed by atoms with E-state index in [0.29, 0.717) is 13.1 Å². The Balaban J connectivity index is 1.51. The van der Waals surface area contributed by atoms with Gasteiger partial charge in [0.1, 0.15) is 5.82 Å². The summed E-state index contributed by atoms with van der Waals surface area (Å²) < 4.78 is 13.9. The van der Waals surface area contributed by atoms with Gasteiger partial charge in [0, 0.05) is 32.7 Å². The largest absolute Gasteiger partial charge is 0.336 e. The SMILES string of the molecule is O=C(c1c(F)cccc1Cl)N1CCN(CCC2=CCCCC2)CC1. The zero-order valence-electron chi connectivity index (χ0n) is 13.9. The number of benzene rings is 1. The third-order valence-electron chi connectivity index (χ3n) is 4.97. The number of carbonyl (C=O) groups excluding carboxylic acids is 1. The molecule has 1 aromatic rings. The van der Waals surface area contributed by atoms with Gasteiger partial charge in [-0.05, 0) is 44.2 Å². The van der Waals surface area contributed by atoms with Crippen LogP contribution >= 0.6 is 11.6 Å². The first kappa shape index (κ1) is 17.4. The number of amides is 1. The number of hydrogen-bond donors (Lipinski definition) is 0. The number of rotatable bonds is 4. The summed E-state index contributed by atoms with van der Waals surface area (Å²) in [5, 5.41) is 0.187. The Bertz CT molecular complexity index is 604. The molecule has 5 heteroatoms. The molecular formula is C19H24ClFN2O. The fraction of sp³-hybridized carbons (Fsp3) is 0.526. The lowest BCUT2D eigenvalue weighted by Crippen LogP contribution is -2.49. The fourth-order valence-corrected chi connectivity index (χ4v) is 3.71. The second-order valence-electron chi connectivity index (χ2n) is 6.59. The van der Waals surface area contributed by atoms with Gasteiger partial charge in [-0.25, -0.2) is 4.39 Å². The average molecular weight is 351 g/mol. The normalized spacial score (nSPS) is 19.2. The van der Waals surface area contributed by atoms with Gasteiger partial charge in [0.15, 0.2) is 0 Å². The van der Waals surface area contributed by atoms with Gasteiger partial charge in [-0.3, -0.25) is 9.69 Å². The van der Waals surface area contributed by atoms with Gasteiger partial charge in [-0.15, -0.1) is 0 Å². The highest BCUT2D eigenvalue weighted by molar-refractivity contribution is 6.33. The van der Waals surface area contributed by atoms with E-state index in [9.17, 15) is 9.18 Å². The molecule has 0 aromatic heterocycles. The Kier molecular flexibility index (Phi) is 5.90. The van der Waals surface area contributed by atoms with Crippen LogP contribution in [0.25, 0.3) is 0 Å². The van der Waals surface area contributed by atoms with E-state index in [4.69, 9.17) is 11.6 Å². The topological polar surface area (TPSA) is 23.6 Å². The van der Waals surface area contributed by atoms with E-state index >= 15 is 0 Å². The standard InChI is InChI=1S/C19H24ClFN2O/c20-16-7-4-8-17(21)18(16)19(24)23-13-11-22(12-14-23)10-9-15-5-2-1-3-6-15/h4-5,7-8H,1-3,6,9-14H2. The van der Waals surface area contributed by atoms with Crippen molar-refractivity contribution in [3.63, 3.8) is 0 Å². The number of piperazine rings is 1. The van der Waals surface area contributed by atoms with E-state index in [1.807, 2.05) is 0 Å². The minimum Gasteiger partial charge on any atom is -0.336 e. The Morgan fingerprint density at radius 1 is 1.17 bits per heavy atom. The summed E-state index contributed by atoms with van der Waals surface area (Å²) in [6.45, 7) is 3.98. The summed E-state index contributed by atoms with van der Waals surface area (Å²) in [5.41, 5.74) is 1.58. The minimum absolute atomic E-state index is 0.0000205. The highest BCUT2D eigenvalue weighted by atomic mass is 35.5. The first-order valence-electron chi connectivity index (χ1n) is 8.78. The fourth-order valence-electron chi connectivity index (χ4n) is 3.47. The summed E-state index contributed by atoms with van der Waals surface area (Å²) in [5.74, 6) is -0.841. The van der Waals surface area contributed by atoms with E-state index in [-0.39, 0.29) is 16.5 Å². The van der Waals surface area contributed by atoms with Gasteiger partial charge in [0.05, 0.1) is 10.6 Å². The maximum Gasteiger partial charge on any atom is 0.258 e. The lowest BCUT2D eigenvalue weighted by Gasteiger charge is -2.35. The molecule has 0 saturated carbocycles. The number of nitrogens with zero attached hydrogens (tertiary/aromatic N) is 2. The Hall–Kier alpha value is -1.39. The van der Waals surface area contributed by atoms with Gasteiger partial charge >= 0.3 is 0 Å². The van der Waals surface area contributed by atoms with Crippen molar-refractivity contribution in [1.82, 2.24) is 9.80 Å². The van der Waals surface area contributed by atoms with Crippen LogP contribution in [0.5, 0.6) is 0 Å². The molecule has 0 atom stereocenters. The molecule has 3 nitrogen and oxygen atoms in total. The number of carbonyl (C=O) groups is 1. The van der Waals surface area contributed by atoms with Crippen molar-refractivity contribution in [3.8, 4) is 0 Å². The lowest BCUT2D eigenvalue weighted by molar-refractivity contribution is 0.0634. The molecule has 0 unspecified atom stereocenters. The Labute approximate surface area is 148 Å². The van der Waals surface area contributed by atoms with Gasteiger partial charge < -0.3 is 4.90 Å². The molecule has 0 spiro atoms. The van der Waals surface area contributed by atoms with Crippen LogP contribution in [0.3, 0.4) is 0 Å². The van der Waals surface area contributed by atoms with Crippen LogP contribution in [0.2, 0.25) is 5.02 Å². The highest BCUT2D eigenvalue weighted by Gasteiger charge is 2.25. The first-order valence-corrected chi connectivity index (χ1v) is 9.16. The molecule has 1 amide bonds. The van der Waals surface area contributed by atoms with E-state index in [0.717, 1.165) is 26.1 Å². The van der Waals surface area contributed by atoms with Gasteiger partial charge in [0.2, 0.25) is 0 Å².